The SMILES string of the molecule is CN(CCCNc1nccn1-c1ccccc1)Cc1ccccc1. The molecular formula is C20H24N4. The predicted molar refractivity (Wildman–Crippen MR) is 99.4 cm³/mol. The van der Waals surface area contributed by atoms with Gasteiger partial charge in [-0.05, 0) is 37.7 Å². The maximum atomic E-state index is 4.42. The second-order valence-electron chi connectivity index (χ2n) is 5.96. The van der Waals surface area contributed by atoms with Crippen LogP contribution in [0.15, 0.2) is 73.1 Å². The fourth-order valence-corrected chi connectivity index (χ4v) is 2.75. The number of imidazole rings is 1. The van der Waals surface area contributed by atoms with Crippen LogP contribution in [0.1, 0.15) is 12.0 Å². The summed E-state index contributed by atoms with van der Waals surface area (Å²) in [4.78, 5) is 6.76. The Morgan fingerprint density at radius 3 is 2.46 bits per heavy atom. The van der Waals surface area contributed by atoms with Crippen molar-refractivity contribution < 1.29 is 0 Å². The molecule has 1 aromatic heterocycles. The number of para-hydroxylation sites is 1. The van der Waals surface area contributed by atoms with E-state index in [1.54, 1.807) is 0 Å². The third-order valence-electron chi connectivity index (χ3n) is 3.97. The van der Waals surface area contributed by atoms with Crippen molar-refractivity contribution in [3.8, 4) is 5.69 Å². The molecule has 3 aromatic rings. The van der Waals surface area contributed by atoms with Gasteiger partial charge in [-0.3, -0.25) is 4.57 Å². The molecule has 0 amide bonds. The lowest BCUT2D eigenvalue weighted by atomic mass is 10.2. The topological polar surface area (TPSA) is 33.1 Å². The number of benzene rings is 2. The Kier molecular flexibility index (Phi) is 5.64. The first kappa shape index (κ1) is 16.3. The van der Waals surface area contributed by atoms with E-state index < -0.39 is 0 Å². The molecule has 0 aliphatic heterocycles. The Hall–Kier alpha value is -2.59. The van der Waals surface area contributed by atoms with Crippen LogP contribution in [0.2, 0.25) is 0 Å². The predicted octanol–water partition coefficient (Wildman–Crippen LogP) is 3.81. The van der Waals surface area contributed by atoms with E-state index in [1.807, 2.05) is 30.6 Å². The quantitative estimate of drug-likeness (QED) is 0.641. The first-order valence-electron chi connectivity index (χ1n) is 8.38. The standard InChI is InChI=1S/C20H24N4/c1-23(17-18-9-4-2-5-10-18)15-8-13-21-20-22-14-16-24(20)19-11-6-3-7-12-19/h2-7,9-12,14,16H,8,13,15,17H2,1H3,(H,21,22). The van der Waals surface area contributed by atoms with E-state index in [9.17, 15) is 0 Å². The molecule has 1 N–H and O–H groups in total. The third kappa shape index (κ3) is 4.46. The lowest BCUT2D eigenvalue weighted by Gasteiger charge is -2.17. The molecule has 0 saturated heterocycles. The van der Waals surface area contributed by atoms with E-state index in [2.05, 4.69) is 69.3 Å². The van der Waals surface area contributed by atoms with E-state index in [4.69, 9.17) is 0 Å². The van der Waals surface area contributed by atoms with Crippen LogP contribution in [0, 0.1) is 0 Å². The van der Waals surface area contributed by atoms with Crippen LogP contribution >= 0.6 is 0 Å². The van der Waals surface area contributed by atoms with Crippen molar-refractivity contribution in [3.05, 3.63) is 78.6 Å². The molecule has 0 spiro atoms. The average molecular weight is 320 g/mol. The zero-order valence-electron chi connectivity index (χ0n) is 14.1. The Morgan fingerprint density at radius 2 is 1.71 bits per heavy atom. The van der Waals surface area contributed by atoms with Crippen LogP contribution in [0.3, 0.4) is 0 Å². The number of rotatable bonds is 8. The molecular weight excluding hydrogens is 296 g/mol. The maximum absolute atomic E-state index is 4.42. The number of hydrogen-bond acceptors (Lipinski definition) is 3. The van der Waals surface area contributed by atoms with Gasteiger partial charge in [-0.25, -0.2) is 4.98 Å². The summed E-state index contributed by atoms with van der Waals surface area (Å²) in [6.45, 7) is 2.94. The zero-order chi connectivity index (χ0) is 16.6. The zero-order valence-corrected chi connectivity index (χ0v) is 14.1. The van der Waals surface area contributed by atoms with Gasteiger partial charge in [0.2, 0.25) is 5.95 Å². The van der Waals surface area contributed by atoms with Crippen LogP contribution in [0.25, 0.3) is 5.69 Å². The van der Waals surface area contributed by atoms with Crippen molar-refractivity contribution in [2.24, 2.45) is 0 Å². The van der Waals surface area contributed by atoms with Gasteiger partial charge in [0.15, 0.2) is 0 Å². The molecule has 0 aliphatic rings. The Labute approximate surface area is 143 Å². The number of anilines is 1. The second kappa shape index (κ2) is 8.31. The van der Waals surface area contributed by atoms with E-state index >= 15 is 0 Å². The highest BCUT2D eigenvalue weighted by Gasteiger charge is 2.04. The smallest absolute Gasteiger partial charge is 0.207 e. The first-order valence-corrected chi connectivity index (χ1v) is 8.38. The van der Waals surface area contributed by atoms with Crippen molar-refractivity contribution in [1.82, 2.24) is 14.5 Å². The van der Waals surface area contributed by atoms with Gasteiger partial charge in [0.1, 0.15) is 0 Å². The van der Waals surface area contributed by atoms with Crippen molar-refractivity contribution >= 4 is 5.95 Å². The molecule has 124 valence electrons. The highest BCUT2D eigenvalue weighted by Crippen LogP contribution is 2.13. The summed E-state index contributed by atoms with van der Waals surface area (Å²) < 4.78 is 2.08. The normalized spacial score (nSPS) is 10.9. The molecule has 24 heavy (non-hydrogen) atoms. The van der Waals surface area contributed by atoms with Crippen molar-refractivity contribution in [2.75, 3.05) is 25.5 Å². The molecule has 0 radical (unpaired) electrons. The number of hydrogen-bond donors (Lipinski definition) is 1. The molecule has 1 heterocycles. The highest BCUT2D eigenvalue weighted by atomic mass is 15.2. The largest absolute Gasteiger partial charge is 0.355 e. The summed E-state index contributed by atoms with van der Waals surface area (Å²) in [7, 11) is 2.16. The van der Waals surface area contributed by atoms with E-state index in [1.165, 1.54) is 5.56 Å². The van der Waals surface area contributed by atoms with Crippen LogP contribution in [0.5, 0.6) is 0 Å². The van der Waals surface area contributed by atoms with Crippen molar-refractivity contribution in [1.29, 1.82) is 0 Å². The molecule has 3 rings (SSSR count). The van der Waals surface area contributed by atoms with E-state index in [0.29, 0.717) is 0 Å². The molecule has 0 bridgehead atoms. The molecule has 0 unspecified atom stereocenters. The van der Waals surface area contributed by atoms with Gasteiger partial charge < -0.3 is 10.2 Å². The fraction of sp³-hybridized carbons (Fsp3) is 0.250. The minimum Gasteiger partial charge on any atom is -0.355 e. The van der Waals surface area contributed by atoms with Gasteiger partial charge in [-0.15, -0.1) is 0 Å². The summed E-state index contributed by atoms with van der Waals surface area (Å²) >= 11 is 0. The van der Waals surface area contributed by atoms with Crippen LogP contribution < -0.4 is 5.32 Å². The minimum absolute atomic E-state index is 0.895. The monoisotopic (exact) mass is 320 g/mol. The lowest BCUT2D eigenvalue weighted by Crippen LogP contribution is -2.21. The van der Waals surface area contributed by atoms with Crippen LogP contribution in [-0.2, 0) is 6.54 Å². The van der Waals surface area contributed by atoms with Crippen LogP contribution in [-0.4, -0.2) is 34.6 Å². The van der Waals surface area contributed by atoms with Gasteiger partial charge in [-0.1, -0.05) is 48.5 Å². The summed E-state index contributed by atoms with van der Waals surface area (Å²) in [6, 6.07) is 20.9. The highest BCUT2D eigenvalue weighted by molar-refractivity contribution is 5.41. The van der Waals surface area contributed by atoms with Gasteiger partial charge in [0.25, 0.3) is 0 Å². The first-order chi connectivity index (χ1) is 11.8. The molecule has 4 nitrogen and oxygen atoms in total. The van der Waals surface area contributed by atoms with Crippen LogP contribution in [0.4, 0.5) is 5.95 Å². The minimum atomic E-state index is 0.895. The average Bonchev–Trinajstić information content (AvgIpc) is 3.09. The third-order valence-corrected chi connectivity index (χ3v) is 3.97. The number of nitrogens with one attached hydrogen (secondary N) is 1. The van der Waals surface area contributed by atoms with Gasteiger partial charge in [0.05, 0.1) is 0 Å². The molecule has 0 atom stereocenters. The fourth-order valence-electron chi connectivity index (χ4n) is 2.75. The molecule has 0 aliphatic carbocycles. The van der Waals surface area contributed by atoms with Gasteiger partial charge in [0, 0.05) is 31.2 Å². The maximum Gasteiger partial charge on any atom is 0.207 e. The Morgan fingerprint density at radius 1 is 1.00 bits per heavy atom. The molecule has 4 heteroatoms. The molecule has 0 saturated carbocycles. The lowest BCUT2D eigenvalue weighted by molar-refractivity contribution is 0.325. The number of aromatic nitrogens is 2. The van der Waals surface area contributed by atoms with Gasteiger partial charge in [-0.2, -0.15) is 0 Å². The number of nitrogens with zero attached hydrogens (tertiary/aromatic N) is 3. The summed E-state index contributed by atoms with van der Waals surface area (Å²) in [6.07, 6.45) is 4.89. The van der Waals surface area contributed by atoms with Crippen molar-refractivity contribution in [3.63, 3.8) is 0 Å². The molecule has 2 aromatic carbocycles. The van der Waals surface area contributed by atoms with Crippen molar-refractivity contribution in [2.45, 2.75) is 13.0 Å². The van der Waals surface area contributed by atoms with Gasteiger partial charge >= 0.3 is 0 Å². The second-order valence-corrected chi connectivity index (χ2v) is 5.96. The van der Waals surface area contributed by atoms with E-state index in [0.717, 1.165) is 37.7 Å². The van der Waals surface area contributed by atoms with E-state index in [-0.39, 0.29) is 0 Å². The summed E-state index contributed by atoms with van der Waals surface area (Å²) in [5.74, 6) is 0.895. The Bertz CT molecular complexity index is 722. The summed E-state index contributed by atoms with van der Waals surface area (Å²) in [5, 5.41) is 3.44. The Balaban J connectivity index is 1.45. The summed E-state index contributed by atoms with van der Waals surface area (Å²) in [5.41, 5.74) is 2.48. The molecule has 0 fully saturated rings.